The number of esters is 1. The molecule has 2 heterocycles. The van der Waals surface area contributed by atoms with Gasteiger partial charge in [0.15, 0.2) is 4.80 Å². The van der Waals surface area contributed by atoms with Crippen molar-refractivity contribution >= 4 is 62.5 Å². The van der Waals surface area contributed by atoms with Crippen molar-refractivity contribution in [2.45, 2.75) is 26.5 Å². The van der Waals surface area contributed by atoms with Gasteiger partial charge in [-0.1, -0.05) is 86.9 Å². The summed E-state index contributed by atoms with van der Waals surface area (Å²) >= 11 is 16.9. The third-order valence-corrected chi connectivity index (χ3v) is 8.54. The van der Waals surface area contributed by atoms with E-state index in [0.717, 1.165) is 21.2 Å². The maximum Gasteiger partial charge on any atom is 0.338 e. The molecule has 0 amide bonds. The van der Waals surface area contributed by atoms with Crippen LogP contribution in [0.3, 0.4) is 0 Å². The minimum absolute atomic E-state index is 0.214. The third-order valence-electron chi connectivity index (χ3n) is 6.29. The van der Waals surface area contributed by atoms with E-state index in [4.69, 9.17) is 32.7 Å². The van der Waals surface area contributed by atoms with Gasteiger partial charge in [0.1, 0.15) is 12.4 Å². The summed E-state index contributed by atoms with van der Waals surface area (Å²) in [5, 5.41) is 0.930. The Hall–Kier alpha value is -3.17. The van der Waals surface area contributed by atoms with Crippen LogP contribution in [0.4, 0.5) is 0 Å². The molecule has 40 heavy (non-hydrogen) atoms. The molecule has 0 fully saturated rings. The van der Waals surface area contributed by atoms with Crippen molar-refractivity contribution in [3.8, 4) is 5.75 Å². The van der Waals surface area contributed by atoms with Gasteiger partial charge in [-0.2, -0.15) is 0 Å². The predicted molar refractivity (Wildman–Crippen MR) is 162 cm³/mol. The van der Waals surface area contributed by atoms with E-state index in [1.54, 1.807) is 36.6 Å². The van der Waals surface area contributed by atoms with E-state index >= 15 is 0 Å². The van der Waals surface area contributed by atoms with Crippen molar-refractivity contribution < 1.29 is 14.3 Å². The van der Waals surface area contributed by atoms with Gasteiger partial charge < -0.3 is 9.47 Å². The number of benzene rings is 3. The Labute approximate surface area is 252 Å². The Morgan fingerprint density at radius 1 is 1.10 bits per heavy atom. The molecule has 1 atom stereocenters. The maximum atomic E-state index is 13.9. The van der Waals surface area contributed by atoms with Crippen LogP contribution >= 0.6 is 50.5 Å². The zero-order chi connectivity index (χ0) is 28.4. The number of thiazole rings is 1. The van der Waals surface area contributed by atoms with Crippen molar-refractivity contribution in [1.82, 2.24) is 4.57 Å². The second kappa shape index (κ2) is 12.1. The summed E-state index contributed by atoms with van der Waals surface area (Å²) in [5.41, 5.74) is 2.97. The molecule has 1 aromatic heterocycles. The average Bonchev–Trinajstić information content (AvgIpc) is 3.24. The zero-order valence-electron chi connectivity index (χ0n) is 21.5. The van der Waals surface area contributed by atoms with Gasteiger partial charge in [-0.15, -0.1) is 0 Å². The molecule has 0 spiro atoms. The SMILES string of the molecule is CCOC(=O)C1=C(C)N=c2s/c(=C\c3ccccc3OCc3ccc(Cl)c(Cl)c3)c(=O)n2[C@H]1c1ccc(Br)cc1. The molecule has 0 bridgehead atoms. The Bertz CT molecular complexity index is 1810. The lowest BCUT2D eigenvalue weighted by molar-refractivity contribution is -0.139. The van der Waals surface area contributed by atoms with Crippen molar-refractivity contribution in [3.63, 3.8) is 0 Å². The summed E-state index contributed by atoms with van der Waals surface area (Å²) in [5.74, 6) is 0.110. The van der Waals surface area contributed by atoms with Gasteiger partial charge in [0, 0.05) is 10.0 Å². The van der Waals surface area contributed by atoms with E-state index in [2.05, 4.69) is 20.9 Å². The van der Waals surface area contributed by atoms with Gasteiger partial charge in [0.05, 0.1) is 38.5 Å². The van der Waals surface area contributed by atoms with Gasteiger partial charge >= 0.3 is 5.97 Å². The van der Waals surface area contributed by atoms with E-state index in [1.807, 2.05) is 54.6 Å². The van der Waals surface area contributed by atoms with E-state index < -0.39 is 12.0 Å². The number of carbonyl (C=O) groups is 1. The number of rotatable bonds is 7. The van der Waals surface area contributed by atoms with Crippen LogP contribution in [0.1, 0.15) is 36.6 Å². The second-order valence-electron chi connectivity index (χ2n) is 8.93. The zero-order valence-corrected chi connectivity index (χ0v) is 25.4. The minimum Gasteiger partial charge on any atom is -0.488 e. The van der Waals surface area contributed by atoms with Crippen LogP contribution in [0.15, 0.2) is 92.3 Å². The first-order valence-electron chi connectivity index (χ1n) is 12.4. The Balaban J connectivity index is 1.58. The number of para-hydroxylation sites is 1. The van der Waals surface area contributed by atoms with Crippen molar-refractivity contribution in [3.05, 3.63) is 129 Å². The highest BCUT2D eigenvalue weighted by molar-refractivity contribution is 9.10. The summed E-state index contributed by atoms with van der Waals surface area (Å²) < 4.78 is 14.4. The number of nitrogens with zero attached hydrogens (tertiary/aromatic N) is 2. The molecular weight excluding hydrogens is 635 g/mol. The Kier molecular flexibility index (Phi) is 8.61. The smallest absolute Gasteiger partial charge is 0.338 e. The minimum atomic E-state index is -0.674. The van der Waals surface area contributed by atoms with Gasteiger partial charge in [0.25, 0.3) is 5.56 Å². The number of hydrogen-bond acceptors (Lipinski definition) is 6. The second-order valence-corrected chi connectivity index (χ2v) is 11.7. The van der Waals surface area contributed by atoms with Crippen LogP contribution in [-0.2, 0) is 16.1 Å². The molecule has 0 radical (unpaired) electrons. The van der Waals surface area contributed by atoms with Crippen LogP contribution in [0, 0.1) is 0 Å². The Morgan fingerprint density at radius 3 is 2.58 bits per heavy atom. The molecule has 0 saturated carbocycles. The average molecular weight is 658 g/mol. The first-order valence-corrected chi connectivity index (χ1v) is 14.7. The van der Waals surface area contributed by atoms with Crippen molar-refractivity contribution in [2.24, 2.45) is 4.99 Å². The first-order chi connectivity index (χ1) is 19.3. The highest BCUT2D eigenvalue weighted by Gasteiger charge is 2.33. The number of carbonyl (C=O) groups excluding carboxylic acids is 1. The fourth-order valence-corrected chi connectivity index (χ4v) is 6.04. The van der Waals surface area contributed by atoms with Crippen LogP contribution in [0.25, 0.3) is 6.08 Å². The molecule has 0 aliphatic carbocycles. The highest BCUT2D eigenvalue weighted by atomic mass is 79.9. The van der Waals surface area contributed by atoms with E-state index in [-0.39, 0.29) is 18.8 Å². The number of aromatic nitrogens is 1. The largest absolute Gasteiger partial charge is 0.488 e. The summed E-state index contributed by atoms with van der Waals surface area (Å²) in [7, 11) is 0. The predicted octanol–water partition coefficient (Wildman–Crippen LogP) is 6.45. The highest BCUT2D eigenvalue weighted by Crippen LogP contribution is 2.31. The van der Waals surface area contributed by atoms with Crippen LogP contribution < -0.4 is 19.6 Å². The van der Waals surface area contributed by atoms with Gasteiger partial charge in [-0.25, -0.2) is 9.79 Å². The van der Waals surface area contributed by atoms with E-state index in [1.165, 1.54) is 11.3 Å². The summed E-state index contributed by atoms with van der Waals surface area (Å²) in [6.45, 7) is 4.00. The normalized spacial score (nSPS) is 15.0. The molecule has 10 heteroatoms. The molecule has 0 unspecified atom stereocenters. The third kappa shape index (κ3) is 5.81. The Morgan fingerprint density at radius 2 is 1.85 bits per heavy atom. The van der Waals surface area contributed by atoms with Gasteiger partial charge in [-0.05, 0) is 61.4 Å². The van der Waals surface area contributed by atoms with Crippen LogP contribution in [0.2, 0.25) is 10.0 Å². The quantitative estimate of drug-likeness (QED) is 0.214. The standard InChI is InChI=1S/C30H23BrCl2N2O4S/c1-3-38-29(37)26-17(2)34-30-35(27(26)19-9-11-21(31)12-10-19)28(36)25(40-30)15-20-6-4-5-7-24(20)39-16-18-8-13-22(32)23(33)14-18/h4-15,27H,3,16H2,1-2H3/b25-15-/t27-/m0/s1. The lowest BCUT2D eigenvalue weighted by atomic mass is 9.96. The summed E-state index contributed by atoms with van der Waals surface area (Å²) in [6.07, 6.45) is 1.79. The lowest BCUT2D eigenvalue weighted by Gasteiger charge is -2.24. The number of halogens is 3. The van der Waals surface area contributed by atoms with Gasteiger partial charge in [-0.3, -0.25) is 9.36 Å². The number of ether oxygens (including phenoxy) is 2. The molecule has 6 nitrogen and oxygen atoms in total. The number of fused-ring (bicyclic) bond motifs is 1. The topological polar surface area (TPSA) is 69.9 Å². The summed E-state index contributed by atoms with van der Waals surface area (Å²) in [6, 6.07) is 19.7. The molecule has 204 valence electrons. The van der Waals surface area contributed by atoms with E-state index in [0.29, 0.717) is 36.4 Å². The van der Waals surface area contributed by atoms with Crippen molar-refractivity contribution in [2.75, 3.05) is 6.61 Å². The van der Waals surface area contributed by atoms with Gasteiger partial charge in [0.2, 0.25) is 0 Å². The fraction of sp³-hybridized carbons (Fsp3) is 0.167. The lowest BCUT2D eigenvalue weighted by Crippen LogP contribution is -2.39. The molecule has 5 rings (SSSR count). The van der Waals surface area contributed by atoms with Crippen molar-refractivity contribution in [1.29, 1.82) is 0 Å². The molecule has 1 aliphatic heterocycles. The molecule has 1 aliphatic rings. The van der Waals surface area contributed by atoms with Crippen LogP contribution in [0.5, 0.6) is 5.75 Å². The molecule has 0 N–H and O–H groups in total. The first kappa shape index (κ1) is 28.4. The number of hydrogen-bond donors (Lipinski definition) is 0. The van der Waals surface area contributed by atoms with E-state index in [9.17, 15) is 9.59 Å². The van der Waals surface area contributed by atoms with Crippen LogP contribution in [-0.4, -0.2) is 17.1 Å². The molecule has 3 aromatic carbocycles. The monoisotopic (exact) mass is 656 g/mol. The fourth-order valence-electron chi connectivity index (χ4n) is 4.41. The molecule has 4 aromatic rings. The summed E-state index contributed by atoms with van der Waals surface area (Å²) in [4.78, 5) is 32.1. The maximum absolute atomic E-state index is 13.9. The molecular formula is C30H23BrCl2N2O4S. The molecule has 0 saturated heterocycles. The number of allylic oxidation sites excluding steroid dienone is 1.